The van der Waals surface area contributed by atoms with Crippen LogP contribution in [0.4, 0.5) is 0 Å². The number of rotatable bonds is 5. The zero-order valence-electron chi connectivity index (χ0n) is 12.9. The number of methoxy groups -OCH3 is 2. The minimum absolute atomic E-state index is 0.0706. The van der Waals surface area contributed by atoms with Gasteiger partial charge in [-0.2, -0.15) is 0 Å². The molecule has 0 saturated heterocycles. The highest BCUT2D eigenvalue weighted by molar-refractivity contribution is 5.96. The normalized spacial score (nSPS) is 21.1. The smallest absolute Gasteiger partial charge is 0.251 e. The molecule has 0 aliphatic heterocycles. The Labute approximate surface area is 125 Å². The number of nitrogens with one attached hydrogen (secondary N) is 1. The van der Waals surface area contributed by atoms with Crippen LogP contribution >= 0.6 is 0 Å². The lowest BCUT2D eigenvalue weighted by Gasteiger charge is -2.20. The summed E-state index contributed by atoms with van der Waals surface area (Å²) in [5.41, 5.74) is 7.25. The van der Waals surface area contributed by atoms with Crippen LogP contribution in [0.3, 0.4) is 0 Å². The van der Waals surface area contributed by atoms with E-state index in [1.807, 2.05) is 13.0 Å². The third kappa shape index (κ3) is 3.29. The van der Waals surface area contributed by atoms with Crippen LogP contribution in [0.2, 0.25) is 0 Å². The van der Waals surface area contributed by atoms with Crippen molar-refractivity contribution in [3.63, 3.8) is 0 Å². The van der Waals surface area contributed by atoms with E-state index < -0.39 is 0 Å². The Morgan fingerprint density at radius 3 is 2.57 bits per heavy atom. The summed E-state index contributed by atoms with van der Waals surface area (Å²) in [6.45, 7) is 2.52. The Morgan fingerprint density at radius 2 is 1.95 bits per heavy atom. The molecule has 21 heavy (non-hydrogen) atoms. The van der Waals surface area contributed by atoms with Gasteiger partial charge in [0.05, 0.1) is 14.2 Å². The first kappa shape index (κ1) is 15.6. The van der Waals surface area contributed by atoms with Gasteiger partial charge in [-0.15, -0.1) is 0 Å². The number of benzene rings is 1. The molecule has 1 aliphatic carbocycles. The van der Waals surface area contributed by atoms with E-state index in [0.29, 0.717) is 29.5 Å². The number of hydrogen-bond acceptors (Lipinski definition) is 4. The van der Waals surface area contributed by atoms with E-state index >= 15 is 0 Å². The van der Waals surface area contributed by atoms with Crippen molar-refractivity contribution in [1.82, 2.24) is 5.32 Å². The predicted octanol–water partition coefficient (Wildman–Crippen LogP) is 1.87. The number of aryl methyl sites for hydroxylation is 1. The summed E-state index contributed by atoms with van der Waals surface area (Å²) in [6.07, 6.45) is 3.21. The highest BCUT2D eigenvalue weighted by Crippen LogP contribution is 2.31. The van der Waals surface area contributed by atoms with Crippen molar-refractivity contribution in [3.05, 3.63) is 23.3 Å². The average Bonchev–Trinajstić information content (AvgIpc) is 2.93. The maximum Gasteiger partial charge on any atom is 0.251 e. The second-order valence-corrected chi connectivity index (χ2v) is 5.53. The summed E-state index contributed by atoms with van der Waals surface area (Å²) in [6, 6.07) is 3.73. The van der Waals surface area contributed by atoms with Crippen molar-refractivity contribution in [3.8, 4) is 11.5 Å². The molecule has 3 N–H and O–H groups in total. The third-order valence-electron chi connectivity index (χ3n) is 4.25. The number of carbonyl (C=O) groups excluding carboxylic acids is 1. The van der Waals surface area contributed by atoms with Gasteiger partial charge in [0.1, 0.15) is 0 Å². The Morgan fingerprint density at radius 1 is 1.29 bits per heavy atom. The molecule has 2 atom stereocenters. The summed E-state index contributed by atoms with van der Waals surface area (Å²) in [5, 5.41) is 3.11. The first-order chi connectivity index (χ1) is 10.1. The summed E-state index contributed by atoms with van der Waals surface area (Å²) >= 11 is 0. The van der Waals surface area contributed by atoms with Crippen LogP contribution < -0.4 is 20.5 Å². The van der Waals surface area contributed by atoms with Gasteiger partial charge < -0.3 is 20.5 Å². The summed E-state index contributed by atoms with van der Waals surface area (Å²) < 4.78 is 10.5. The Balaban J connectivity index is 2.19. The third-order valence-corrected chi connectivity index (χ3v) is 4.25. The highest BCUT2D eigenvalue weighted by Gasteiger charge is 2.28. The van der Waals surface area contributed by atoms with E-state index in [9.17, 15) is 4.79 Å². The van der Waals surface area contributed by atoms with Gasteiger partial charge in [0, 0.05) is 11.6 Å². The monoisotopic (exact) mass is 292 g/mol. The SMILES string of the molecule is COc1cc(C)c(C(=O)NC2CCCC2CN)cc1OC. The van der Waals surface area contributed by atoms with E-state index in [0.717, 1.165) is 24.8 Å². The minimum Gasteiger partial charge on any atom is -0.493 e. The minimum atomic E-state index is -0.0706. The van der Waals surface area contributed by atoms with Crippen molar-refractivity contribution in [2.24, 2.45) is 11.7 Å². The molecule has 0 heterocycles. The van der Waals surface area contributed by atoms with Crippen LogP contribution in [0.15, 0.2) is 12.1 Å². The number of hydrogen-bond donors (Lipinski definition) is 2. The average molecular weight is 292 g/mol. The van der Waals surface area contributed by atoms with E-state index in [-0.39, 0.29) is 11.9 Å². The van der Waals surface area contributed by atoms with Gasteiger partial charge in [0.2, 0.25) is 0 Å². The van der Waals surface area contributed by atoms with Gasteiger partial charge in [-0.1, -0.05) is 6.42 Å². The van der Waals surface area contributed by atoms with Crippen LogP contribution in [-0.2, 0) is 0 Å². The largest absolute Gasteiger partial charge is 0.493 e. The molecule has 2 unspecified atom stereocenters. The molecule has 1 aromatic carbocycles. The van der Waals surface area contributed by atoms with Crippen LogP contribution in [0.25, 0.3) is 0 Å². The van der Waals surface area contributed by atoms with E-state index in [2.05, 4.69) is 5.32 Å². The first-order valence-electron chi connectivity index (χ1n) is 7.34. The quantitative estimate of drug-likeness (QED) is 0.869. The molecule has 0 bridgehead atoms. The van der Waals surface area contributed by atoms with Gasteiger partial charge in [-0.05, 0) is 49.9 Å². The lowest BCUT2D eigenvalue weighted by Crippen LogP contribution is -2.40. The van der Waals surface area contributed by atoms with Crippen molar-refractivity contribution >= 4 is 5.91 Å². The van der Waals surface area contributed by atoms with Crippen molar-refractivity contribution in [2.45, 2.75) is 32.2 Å². The molecule has 1 saturated carbocycles. The number of carbonyl (C=O) groups is 1. The second kappa shape index (κ2) is 6.80. The molecule has 1 amide bonds. The molecule has 1 aliphatic rings. The topological polar surface area (TPSA) is 73.6 Å². The Bertz CT molecular complexity index is 516. The summed E-state index contributed by atoms with van der Waals surface area (Å²) in [5.74, 6) is 1.51. The fourth-order valence-electron chi connectivity index (χ4n) is 2.98. The molecule has 2 rings (SSSR count). The molecule has 1 aromatic rings. The van der Waals surface area contributed by atoms with Crippen LogP contribution in [0, 0.1) is 12.8 Å². The van der Waals surface area contributed by atoms with Gasteiger partial charge in [0.25, 0.3) is 5.91 Å². The molecule has 5 heteroatoms. The maximum atomic E-state index is 12.5. The Kier molecular flexibility index (Phi) is 5.07. The predicted molar refractivity (Wildman–Crippen MR) is 81.9 cm³/mol. The standard InChI is InChI=1S/C16H24N2O3/c1-10-7-14(20-2)15(21-3)8-12(10)16(19)18-13-6-4-5-11(13)9-17/h7-8,11,13H,4-6,9,17H2,1-3H3,(H,18,19). The highest BCUT2D eigenvalue weighted by atomic mass is 16.5. The van der Waals surface area contributed by atoms with Gasteiger partial charge in [-0.25, -0.2) is 0 Å². The van der Waals surface area contributed by atoms with Crippen molar-refractivity contribution in [1.29, 1.82) is 0 Å². The van der Waals surface area contributed by atoms with Gasteiger partial charge >= 0.3 is 0 Å². The molecule has 116 valence electrons. The number of nitrogens with two attached hydrogens (primary N) is 1. The van der Waals surface area contributed by atoms with E-state index in [4.69, 9.17) is 15.2 Å². The Hall–Kier alpha value is -1.75. The molecule has 0 radical (unpaired) electrons. The molecule has 1 fully saturated rings. The van der Waals surface area contributed by atoms with Gasteiger partial charge in [0.15, 0.2) is 11.5 Å². The fourth-order valence-corrected chi connectivity index (χ4v) is 2.98. The van der Waals surface area contributed by atoms with Crippen LogP contribution in [-0.4, -0.2) is 32.7 Å². The zero-order valence-corrected chi connectivity index (χ0v) is 12.9. The lowest BCUT2D eigenvalue weighted by molar-refractivity contribution is 0.0927. The summed E-state index contributed by atoms with van der Waals surface area (Å²) in [7, 11) is 3.15. The molecular formula is C16H24N2O3. The lowest BCUT2D eigenvalue weighted by atomic mass is 10.0. The van der Waals surface area contributed by atoms with E-state index in [1.54, 1.807) is 20.3 Å². The maximum absolute atomic E-state index is 12.5. The molecule has 0 spiro atoms. The fraction of sp³-hybridized carbons (Fsp3) is 0.562. The van der Waals surface area contributed by atoms with Crippen molar-refractivity contribution < 1.29 is 14.3 Å². The number of ether oxygens (including phenoxy) is 2. The van der Waals surface area contributed by atoms with Crippen LogP contribution in [0.5, 0.6) is 11.5 Å². The first-order valence-corrected chi connectivity index (χ1v) is 7.34. The van der Waals surface area contributed by atoms with Crippen LogP contribution in [0.1, 0.15) is 35.2 Å². The van der Waals surface area contributed by atoms with E-state index in [1.165, 1.54) is 0 Å². The molecular weight excluding hydrogens is 268 g/mol. The molecule has 5 nitrogen and oxygen atoms in total. The van der Waals surface area contributed by atoms with Crippen molar-refractivity contribution in [2.75, 3.05) is 20.8 Å². The number of amides is 1. The van der Waals surface area contributed by atoms with Gasteiger partial charge in [-0.3, -0.25) is 4.79 Å². The summed E-state index contributed by atoms with van der Waals surface area (Å²) in [4.78, 5) is 12.5. The second-order valence-electron chi connectivity index (χ2n) is 5.53. The molecule has 0 aromatic heterocycles. The zero-order chi connectivity index (χ0) is 15.4.